The van der Waals surface area contributed by atoms with Gasteiger partial charge in [-0.3, -0.25) is 24.5 Å². The lowest BCUT2D eigenvalue weighted by molar-refractivity contribution is -0.532. The Hall–Kier alpha value is -2.97. The molecule has 9 heteroatoms. The molecule has 1 aliphatic rings. The molecule has 0 spiro atoms. The first-order chi connectivity index (χ1) is 13.2. The Bertz CT molecular complexity index is 759. The summed E-state index contributed by atoms with van der Waals surface area (Å²) in [5.74, 6) is -4.44. The minimum Gasteiger partial charge on any atom is -0.497 e. The van der Waals surface area contributed by atoms with Crippen LogP contribution in [0.4, 0.5) is 0 Å². The zero-order valence-corrected chi connectivity index (χ0v) is 15.9. The summed E-state index contributed by atoms with van der Waals surface area (Å²) in [4.78, 5) is 48.0. The van der Waals surface area contributed by atoms with E-state index in [1.165, 1.54) is 19.2 Å². The van der Waals surface area contributed by atoms with Gasteiger partial charge in [-0.05, 0) is 38.0 Å². The van der Waals surface area contributed by atoms with Crippen molar-refractivity contribution in [3.05, 3.63) is 39.9 Å². The van der Waals surface area contributed by atoms with Gasteiger partial charge in [0.05, 0.1) is 26.1 Å². The van der Waals surface area contributed by atoms with Crippen LogP contribution in [0.25, 0.3) is 0 Å². The Morgan fingerprint density at radius 3 is 2.32 bits per heavy atom. The zero-order chi connectivity index (χ0) is 21.1. The van der Waals surface area contributed by atoms with E-state index in [4.69, 9.17) is 9.47 Å². The Morgan fingerprint density at radius 2 is 1.89 bits per heavy atom. The van der Waals surface area contributed by atoms with Gasteiger partial charge in [0, 0.05) is 10.8 Å². The number of hydrogen-bond donors (Lipinski definition) is 1. The number of benzene rings is 1. The monoisotopic (exact) mass is 393 g/mol. The number of aliphatic carboxylic acids is 1. The van der Waals surface area contributed by atoms with Crippen LogP contribution in [-0.4, -0.2) is 47.5 Å². The van der Waals surface area contributed by atoms with E-state index < -0.39 is 45.9 Å². The fraction of sp³-hybridized carbons (Fsp3) is 0.526. The highest BCUT2D eigenvalue weighted by molar-refractivity contribution is 6.03. The molecule has 0 aliphatic heterocycles. The van der Waals surface area contributed by atoms with Gasteiger partial charge in [0.1, 0.15) is 16.9 Å². The Morgan fingerprint density at radius 1 is 1.29 bits per heavy atom. The van der Waals surface area contributed by atoms with Crippen molar-refractivity contribution in [2.45, 2.75) is 38.6 Å². The fourth-order valence-corrected chi connectivity index (χ4v) is 4.17. The van der Waals surface area contributed by atoms with Crippen molar-refractivity contribution in [1.29, 1.82) is 0 Å². The second-order valence-corrected chi connectivity index (χ2v) is 6.83. The number of carbonyl (C=O) groups is 3. The van der Waals surface area contributed by atoms with Gasteiger partial charge < -0.3 is 14.6 Å². The van der Waals surface area contributed by atoms with E-state index in [0.29, 0.717) is 11.3 Å². The van der Waals surface area contributed by atoms with Crippen molar-refractivity contribution in [1.82, 2.24) is 0 Å². The summed E-state index contributed by atoms with van der Waals surface area (Å²) in [5.41, 5.74) is -1.66. The molecule has 4 atom stereocenters. The molecule has 1 aromatic rings. The molecule has 9 nitrogen and oxygen atoms in total. The lowest BCUT2D eigenvalue weighted by Gasteiger charge is -2.29. The summed E-state index contributed by atoms with van der Waals surface area (Å²) in [5, 5.41) is 21.9. The number of hydrogen-bond acceptors (Lipinski definition) is 7. The van der Waals surface area contributed by atoms with Crippen LogP contribution >= 0.6 is 0 Å². The number of nitro groups is 1. The Labute approximate surface area is 161 Å². The molecule has 1 aliphatic carbocycles. The van der Waals surface area contributed by atoms with E-state index in [9.17, 15) is 29.6 Å². The SMILES string of the molecule is CCOC(=O)CC1CC(C(C)=O)(C(=O)O)C(c2ccc(OC)cc2)C1[N+](=O)[O-]. The normalized spacial score (nSPS) is 26.5. The number of methoxy groups -OCH3 is 1. The second kappa shape index (κ2) is 8.37. The topological polar surface area (TPSA) is 133 Å². The van der Waals surface area contributed by atoms with Gasteiger partial charge in [-0.15, -0.1) is 0 Å². The van der Waals surface area contributed by atoms with Gasteiger partial charge in [0.15, 0.2) is 0 Å². The summed E-state index contributed by atoms with van der Waals surface area (Å²) >= 11 is 0. The molecule has 1 N–H and O–H groups in total. The van der Waals surface area contributed by atoms with Crippen LogP contribution in [0.1, 0.15) is 38.2 Å². The standard InChI is InChI=1S/C19H23NO8/c1-4-28-15(22)9-13-10-19(11(2)21,18(23)24)16(17(13)20(25)26)12-5-7-14(27-3)8-6-12/h5-8,13,16-17H,4,9-10H2,1-3H3,(H,23,24). The summed E-state index contributed by atoms with van der Waals surface area (Å²) in [6.07, 6.45) is -0.632. The Balaban J connectivity index is 2.60. The van der Waals surface area contributed by atoms with E-state index in [1.807, 2.05) is 0 Å². The average Bonchev–Trinajstić information content (AvgIpc) is 2.98. The van der Waals surface area contributed by atoms with Crippen LogP contribution in [0.2, 0.25) is 0 Å². The van der Waals surface area contributed by atoms with Gasteiger partial charge in [-0.1, -0.05) is 12.1 Å². The van der Waals surface area contributed by atoms with E-state index in [1.54, 1.807) is 19.1 Å². The number of ketones is 1. The van der Waals surface area contributed by atoms with Crippen LogP contribution in [0.15, 0.2) is 24.3 Å². The van der Waals surface area contributed by atoms with Crippen LogP contribution in [0.3, 0.4) is 0 Å². The molecule has 152 valence electrons. The minimum atomic E-state index is -2.00. The number of rotatable bonds is 8. The number of nitrogens with zero attached hydrogens (tertiary/aromatic N) is 1. The Kier molecular flexibility index (Phi) is 6.37. The quantitative estimate of drug-likeness (QED) is 0.307. The third-order valence-electron chi connectivity index (χ3n) is 5.40. The van der Waals surface area contributed by atoms with Crippen molar-refractivity contribution >= 4 is 17.7 Å². The van der Waals surface area contributed by atoms with E-state index in [0.717, 1.165) is 6.92 Å². The van der Waals surface area contributed by atoms with Crippen molar-refractivity contribution in [3.8, 4) is 5.75 Å². The molecule has 1 fully saturated rings. The number of carbonyl (C=O) groups excluding carboxylic acids is 2. The third kappa shape index (κ3) is 3.69. The first kappa shape index (κ1) is 21.3. The molecule has 2 rings (SSSR count). The molecule has 0 heterocycles. The highest BCUT2D eigenvalue weighted by Gasteiger charge is 2.66. The number of Topliss-reactive ketones (excluding diaryl/α,β-unsaturated/α-hetero) is 1. The largest absolute Gasteiger partial charge is 0.497 e. The zero-order valence-electron chi connectivity index (χ0n) is 15.9. The highest BCUT2D eigenvalue weighted by Crippen LogP contribution is 2.55. The fourth-order valence-electron chi connectivity index (χ4n) is 4.17. The lowest BCUT2D eigenvalue weighted by Crippen LogP contribution is -2.43. The van der Waals surface area contributed by atoms with Gasteiger partial charge in [-0.25, -0.2) is 0 Å². The predicted octanol–water partition coefficient (Wildman–Crippen LogP) is 2.06. The van der Waals surface area contributed by atoms with Gasteiger partial charge in [-0.2, -0.15) is 0 Å². The van der Waals surface area contributed by atoms with Crippen LogP contribution in [0, 0.1) is 21.4 Å². The average molecular weight is 393 g/mol. The van der Waals surface area contributed by atoms with Crippen molar-refractivity contribution < 1.29 is 33.9 Å². The first-order valence-electron chi connectivity index (χ1n) is 8.86. The van der Waals surface area contributed by atoms with Crippen molar-refractivity contribution in [3.63, 3.8) is 0 Å². The molecule has 0 amide bonds. The molecular weight excluding hydrogens is 370 g/mol. The summed E-state index contributed by atoms with van der Waals surface area (Å²) in [7, 11) is 1.46. The van der Waals surface area contributed by atoms with Gasteiger partial charge in [0.2, 0.25) is 6.04 Å². The van der Waals surface area contributed by atoms with E-state index in [2.05, 4.69) is 0 Å². The number of ether oxygens (including phenoxy) is 2. The summed E-state index contributed by atoms with van der Waals surface area (Å²) in [6, 6.07) is 4.73. The maximum Gasteiger partial charge on any atom is 0.318 e. The van der Waals surface area contributed by atoms with E-state index in [-0.39, 0.29) is 19.4 Å². The van der Waals surface area contributed by atoms with E-state index >= 15 is 0 Å². The van der Waals surface area contributed by atoms with Crippen LogP contribution in [-0.2, 0) is 19.1 Å². The molecule has 4 unspecified atom stereocenters. The summed E-state index contributed by atoms with van der Waals surface area (Å²) in [6.45, 7) is 2.83. The maximum atomic E-state index is 12.5. The molecule has 1 aromatic carbocycles. The second-order valence-electron chi connectivity index (χ2n) is 6.83. The molecule has 28 heavy (non-hydrogen) atoms. The van der Waals surface area contributed by atoms with Crippen molar-refractivity contribution in [2.75, 3.05) is 13.7 Å². The lowest BCUT2D eigenvalue weighted by atomic mass is 9.70. The number of carboxylic acid groups (broad SMARTS) is 1. The summed E-state index contributed by atoms with van der Waals surface area (Å²) < 4.78 is 9.96. The molecule has 0 bridgehead atoms. The number of esters is 1. The molecule has 0 aromatic heterocycles. The minimum absolute atomic E-state index is 0.105. The molecule has 1 saturated carbocycles. The third-order valence-corrected chi connectivity index (χ3v) is 5.40. The van der Waals surface area contributed by atoms with Crippen LogP contribution in [0.5, 0.6) is 5.75 Å². The molecular formula is C19H23NO8. The van der Waals surface area contributed by atoms with Gasteiger partial charge in [0.25, 0.3) is 0 Å². The predicted molar refractivity (Wildman–Crippen MR) is 96.6 cm³/mol. The first-order valence-corrected chi connectivity index (χ1v) is 8.86. The highest BCUT2D eigenvalue weighted by atomic mass is 16.6. The number of carboxylic acids is 1. The maximum absolute atomic E-state index is 12.5. The molecule has 0 radical (unpaired) electrons. The van der Waals surface area contributed by atoms with Crippen molar-refractivity contribution in [2.24, 2.45) is 11.3 Å². The van der Waals surface area contributed by atoms with Gasteiger partial charge >= 0.3 is 11.9 Å². The smallest absolute Gasteiger partial charge is 0.318 e. The van der Waals surface area contributed by atoms with Crippen LogP contribution < -0.4 is 4.74 Å². The molecule has 0 saturated heterocycles.